The van der Waals surface area contributed by atoms with Crippen LogP contribution in [0.3, 0.4) is 0 Å². The number of carbonyl (C=O) groups excluding carboxylic acids is 1. The number of aryl methyl sites for hydroxylation is 1. The summed E-state index contributed by atoms with van der Waals surface area (Å²) in [5, 5.41) is 0.442. The van der Waals surface area contributed by atoms with Gasteiger partial charge in [0.25, 0.3) is 0 Å². The summed E-state index contributed by atoms with van der Waals surface area (Å²) in [5.41, 5.74) is 2.45. The normalized spacial score (nSPS) is 14.4. The third-order valence-electron chi connectivity index (χ3n) is 6.10. The summed E-state index contributed by atoms with van der Waals surface area (Å²) >= 11 is 6.31. The van der Waals surface area contributed by atoms with Crippen LogP contribution >= 0.6 is 11.6 Å². The van der Waals surface area contributed by atoms with E-state index in [0.29, 0.717) is 36.8 Å². The van der Waals surface area contributed by atoms with Crippen LogP contribution in [0.1, 0.15) is 11.1 Å². The van der Waals surface area contributed by atoms with Gasteiger partial charge in [-0.25, -0.2) is 12.8 Å². The maximum atomic E-state index is 13.5. The molecule has 184 valence electrons. The Hall–Kier alpha value is -2.94. The molecule has 1 aliphatic heterocycles. The Kier molecular flexibility index (Phi) is 7.74. The van der Waals surface area contributed by atoms with Crippen molar-refractivity contribution in [3.63, 3.8) is 0 Å². The van der Waals surface area contributed by atoms with Gasteiger partial charge in [-0.15, -0.1) is 0 Å². The zero-order valence-corrected chi connectivity index (χ0v) is 21.0. The van der Waals surface area contributed by atoms with Gasteiger partial charge in [0.05, 0.1) is 11.4 Å². The lowest BCUT2D eigenvalue weighted by Gasteiger charge is -2.37. The van der Waals surface area contributed by atoms with Crippen molar-refractivity contribution in [2.24, 2.45) is 0 Å². The molecule has 3 aromatic carbocycles. The molecule has 1 amide bonds. The molecular formula is C26H27ClFN3O3S. The van der Waals surface area contributed by atoms with Crippen LogP contribution in [-0.2, 0) is 21.4 Å². The van der Waals surface area contributed by atoms with E-state index >= 15 is 0 Å². The van der Waals surface area contributed by atoms with Crippen LogP contribution in [0.25, 0.3) is 0 Å². The van der Waals surface area contributed by atoms with Gasteiger partial charge in [-0.3, -0.25) is 4.79 Å². The minimum Gasteiger partial charge on any atom is -0.368 e. The van der Waals surface area contributed by atoms with E-state index in [1.165, 1.54) is 16.4 Å². The topological polar surface area (TPSA) is 60.9 Å². The highest BCUT2D eigenvalue weighted by Crippen LogP contribution is 2.23. The largest absolute Gasteiger partial charge is 0.368 e. The summed E-state index contributed by atoms with van der Waals surface area (Å²) in [6.45, 7) is 3.61. The zero-order chi connectivity index (χ0) is 25.0. The molecule has 1 saturated heterocycles. The first-order valence-electron chi connectivity index (χ1n) is 11.3. The molecule has 6 nitrogen and oxygen atoms in total. The predicted molar refractivity (Wildman–Crippen MR) is 135 cm³/mol. The molecule has 35 heavy (non-hydrogen) atoms. The Bertz CT molecular complexity index is 1280. The number of rotatable bonds is 7. The number of carbonyl (C=O) groups is 1. The number of piperazine rings is 1. The fourth-order valence-electron chi connectivity index (χ4n) is 4.02. The second-order valence-corrected chi connectivity index (χ2v) is 10.9. The number of hydrogen-bond acceptors (Lipinski definition) is 4. The van der Waals surface area contributed by atoms with Crippen LogP contribution in [0, 0.1) is 12.7 Å². The van der Waals surface area contributed by atoms with Crippen molar-refractivity contribution in [3.05, 3.63) is 94.8 Å². The summed E-state index contributed by atoms with van der Waals surface area (Å²) in [4.78, 5) is 17.1. The zero-order valence-electron chi connectivity index (χ0n) is 19.4. The summed E-state index contributed by atoms with van der Waals surface area (Å²) in [7, 11) is -3.94. The monoisotopic (exact) mass is 515 g/mol. The lowest BCUT2D eigenvalue weighted by molar-refractivity contribution is -0.131. The summed E-state index contributed by atoms with van der Waals surface area (Å²) < 4.78 is 41.4. The first-order valence-corrected chi connectivity index (χ1v) is 13.1. The predicted octanol–water partition coefficient (Wildman–Crippen LogP) is 4.33. The van der Waals surface area contributed by atoms with Crippen molar-refractivity contribution in [1.29, 1.82) is 0 Å². The third-order valence-corrected chi connectivity index (χ3v) is 8.27. The van der Waals surface area contributed by atoms with E-state index in [0.717, 1.165) is 11.3 Å². The van der Waals surface area contributed by atoms with E-state index in [-0.39, 0.29) is 29.7 Å². The summed E-state index contributed by atoms with van der Waals surface area (Å²) in [6.07, 6.45) is 0. The molecule has 1 aliphatic rings. The first-order chi connectivity index (χ1) is 16.7. The van der Waals surface area contributed by atoms with Crippen LogP contribution < -0.4 is 4.90 Å². The molecule has 1 fully saturated rings. The fourth-order valence-corrected chi connectivity index (χ4v) is 5.58. The van der Waals surface area contributed by atoms with Gasteiger partial charge in [0.2, 0.25) is 15.9 Å². The number of benzene rings is 3. The van der Waals surface area contributed by atoms with Crippen LogP contribution in [0.5, 0.6) is 0 Å². The minimum absolute atomic E-state index is 0.0167. The Balaban J connectivity index is 1.50. The van der Waals surface area contributed by atoms with Gasteiger partial charge in [0.1, 0.15) is 5.82 Å². The number of amides is 1. The molecule has 0 aliphatic carbocycles. The van der Waals surface area contributed by atoms with Crippen LogP contribution in [0.2, 0.25) is 5.02 Å². The number of anilines is 1. The number of sulfonamides is 1. The Morgan fingerprint density at radius 2 is 1.57 bits per heavy atom. The Morgan fingerprint density at radius 1 is 0.943 bits per heavy atom. The average molecular weight is 516 g/mol. The van der Waals surface area contributed by atoms with Gasteiger partial charge in [-0.1, -0.05) is 47.5 Å². The molecule has 0 N–H and O–H groups in total. The second-order valence-electron chi connectivity index (χ2n) is 8.52. The highest BCUT2D eigenvalue weighted by molar-refractivity contribution is 7.89. The van der Waals surface area contributed by atoms with Crippen molar-refractivity contribution in [3.8, 4) is 0 Å². The molecule has 9 heteroatoms. The van der Waals surface area contributed by atoms with E-state index < -0.39 is 10.0 Å². The van der Waals surface area contributed by atoms with Crippen molar-refractivity contribution in [1.82, 2.24) is 9.21 Å². The molecule has 0 atom stereocenters. The lowest BCUT2D eigenvalue weighted by atomic mass is 10.2. The third kappa shape index (κ3) is 6.01. The molecule has 1 heterocycles. The van der Waals surface area contributed by atoms with Gasteiger partial charge < -0.3 is 9.80 Å². The Labute approximate surface area is 210 Å². The SMILES string of the molecule is Cc1ccc(S(=O)(=O)N(CC(=O)N2CCN(c3ccc(F)cc3)CC2)Cc2ccccc2Cl)cc1. The minimum atomic E-state index is -3.94. The van der Waals surface area contributed by atoms with E-state index in [1.54, 1.807) is 65.6 Å². The first kappa shape index (κ1) is 25.2. The summed E-state index contributed by atoms with van der Waals surface area (Å²) in [5.74, 6) is -0.567. The summed E-state index contributed by atoms with van der Waals surface area (Å²) in [6, 6.07) is 19.8. The van der Waals surface area contributed by atoms with Gasteiger partial charge in [-0.2, -0.15) is 4.31 Å². The molecule has 0 saturated carbocycles. The van der Waals surface area contributed by atoms with Crippen LogP contribution in [-0.4, -0.2) is 56.3 Å². The van der Waals surface area contributed by atoms with Crippen molar-refractivity contribution < 1.29 is 17.6 Å². The maximum absolute atomic E-state index is 13.5. The van der Waals surface area contributed by atoms with Crippen LogP contribution in [0.4, 0.5) is 10.1 Å². The standard InChI is InChI=1S/C26H27ClFN3O3S/c1-20-6-12-24(13-7-20)35(33,34)31(18-21-4-2-3-5-25(21)27)19-26(32)30-16-14-29(15-17-30)23-10-8-22(28)9-11-23/h2-13H,14-19H2,1H3. The highest BCUT2D eigenvalue weighted by Gasteiger charge is 2.30. The quantitative estimate of drug-likeness (QED) is 0.470. The lowest BCUT2D eigenvalue weighted by Crippen LogP contribution is -2.51. The molecule has 3 aromatic rings. The second kappa shape index (κ2) is 10.8. The molecule has 0 spiro atoms. The van der Waals surface area contributed by atoms with E-state index in [9.17, 15) is 17.6 Å². The molecule has 0 radical (unpaired) electrons. The molecule has 4 rings (SSSR count). The van der Waals surface area contributed by atoms with Gasteiger partial charge in [-0.05, 0) is 55.0 Å². The van der Waals surface area contributed by atoms with Crippen molar-refractivity contribution in [2.45, 2.75) is 18.4 Å². The Morgan fingerprint density at radius 3 is 2.20 bits per heavy atom. The van der Waals surface area contributed by atoms with Gasteiger partial charge >= 0.3 is 0 Å². The van der Waals surface area contributed by atoms with E-state index in [1.807, 2.05) is 6.92 Å². The van der Waals surface area contributed by atoms with Crippen molar-refractivity contribution in [2.75, 3.05) is 37.6 Å². The number of hydrogen-bond donors (Lipinski definition) is 0. The van der Waals surface area contributed by atoms with Crippen LogP contribution in [0.15, 0.2) is 77.7 Å². The molecule has 0 bridgehead atoms. The van der Waals surface area contributed by atoms with E-state index in [4.69, 9.17) is 11.6 Å². The van der Waals surface area contributed by atoms with Crippen molar-refractivity contribution >= 4 is 33.2 Å². The number of nitrogens with zero attached hydrogens (tertiary/aromatic N) is 3. The smallest absolute Gasteiger partial charge is 0.243 e. The molecule has 0 aromatic heterocycles. The molecular weight excluding hydrogens is 489 g/mol. The molecule has 0 unspecified atom stereocenters. The van der Waals surface area contributed by atoms with Gasteiger partial charge in [0.15, 0.2) is 0 Å². The fraction of sp³-hybridized carbons (Fsp3) is 0.269. The van der Waals surface area contributed by atoms with E-state index in [2.05, 4.69) is 4.90 Å². The maximum Gasteiger partial charge on any atom is 0.243 e. The number of halogens is 2. The highest BCUT2D eigenvalue weighted by atomic mass is 35.5. The van der Waals surface area contributed by atoms with Gasteiger partial charge in [0, 0.05) is 43.4 Å². The average Bonchev–Trinajstić information content (AvgIpc) is 2.85.